The number of rotatable bonds is 4. The Labute approximate surface area is 177 Å². The van der Waals surface area contributed by atoms with Crippen molar-refractivity contribution in [1.29, 1.82) is 0 Å². The van der Waals surface area contributed by atoms with E-state index in [1.807, 2.05) is 94.5 Å². The molecular formula is C26H24N2O2. The van der Waals surface area contributed by atoms with Crippen molar-refractivity contribution in [2.75, 3.05) is 16.8 Å². The molecule has 150 valence electrons. The van der Waals surface area contributed by atoms with Crippen molar-refractivity contribution in [2.45, 2.75) is 20.8 Å². The highest BCUT2D eigenvalue weighted by molar-refractivity contribution is 6.46. The number of hydrogen-bond acceptors (Lipinski definition) is 3. The minimum atomic E-state index is -0.315. The summed E-state index contributed by atoms with van der Waals surface area (Å²) < 4.78 is 0. The number of hydrogen-bond donors (Lipinski definition) is 0. The van der Waals surface area contributed by atoms with Gasteiger partial charge in [-0.25, -0.2) is 4.90 Å². The summed E-state index contributed by atoms with van der Waals surface area (Å²) >= 11 is 0. The van der Waals surface area contributed by atoms with Gasteiger partial charge in [-0.15, -0.1) is 0 Å². The van der Waals surface area contributed by atoms with Gasteiger partial charge in [0.05, 0.1) is 11.3 Å². The third-order valence-electron chi connectivity index (χ3n) is 5.59. The molecule has 2 amide bonds. The number of para-hydroxylation sites is 1. The molecule has 0 atom stereocenters. The van der Waals surface area contributed by atoms with Crippen LogP contribution in [-0.4, -0.2) is 18.9 Å². The highest BCUT2D eigenvalue weighted by Gasteiger charge is 2.42. The maximum absolute atomic E-state index is 13.6. The number of amides is 2. The lowest BCUT2D eigenvalue weighted by Gasteiger charge is -2.21. The molecule has 0 fully saturated rings. The van der Waals surface area contributed by atoms with E-state index in [0.717, 1.165) is 27.9 Å². The Morgan fingerprint density at radius 1 is 0.733 bits per heavy atom. The van der Waals surface area contributed by atoms with Crippen LogP contribution < -0.4 is 9.80 Å². The molecule has 3 aromatic rings. The minimum absolute atomic E-state index is 0.299. The van der Waals surface area contributed by atoms with Crippen molar-refractivity contribution in [3.8, 4) is 0 Å². The van der Waals surface area contributed by atoms with E-state index in [0.29, 0.717) is 17.0 Å². The second-order valence-electron chi connectivity index (χ2n) is 7.70. The molecule has 3 aromatic carbocycles. The van der Waals surface area contributed by atoms with E-state index >= 15 is 0 Å². The molecule has 30 heavy (non-hydrogen) atoms. The van der Waals surface area contributed by atoms with Crippen LogP contribution in [0.3, 0.4) is 0 Å². The first-order chi connectivity index (χ1) is 14.4. The zero-order valence-electron chi connectivity index (χ0n) is 17.6. The summed E-state index contributed by atoms with van der Waals surface area (Å²) in [5, 5.41) is 0. The Hall–Kier alpha value is -3.66. The fourth-order valence-corrected chi connectivity index (χ4v) is 3.77. The lowest BCUT2D eigenvalue weighted by atomic mass is 9.99. The fourth-order valence-electron chi connectivity index (χ4n) is 3.77. The van der Waals surface area contributed by atoms with Crippen molar-refractivity contribution < 1.29 is 9.59 Å². The van der Waals surface area contributed by atoms with Crippen molar-refractivity contribution in [3.05, 3.63) is 101 Å². The highest BCUT2D eigenvalue weighted by atomic mass is 16.2. The molecule has 1 aliphatic heterocycles. The summed E-state index contributed by atoms with van der Waals surface area (Å²) in [4.78, 5) is 30.3. The SMILES string of the molecule is Cc1cccc(N2C(=O)C(c3ccc(C)c(C)c3)=C(N(C)c3ccccc3)C2=O)c1. The maximum atomic E-state index is 13.6. The highest BCUT2D eigenvalue weighted by Crippen LogP contribution is 2.36. The predicted molar refractivity (Wildman–Crippen MR) is 121 cm³/mol. The van der Waals surface area contributed by atoms with Crippen molar-refractivity contribution in [2.24, 2.45) is 0 Å². The molecule has 0 unspecified atom stereocenters. The van der Waals surface area contributed by atoms with E-state index in [4.69, 9.17) is 0 Å². The molecular weight excluding hydrogens is 372 g/mol. The number of anilines is 2. The van der Waals surface area contributed by atoms with E-state index in [-0.39, 0.29) is 11.8 Å². The Bertz CT molecular complexity index is 1180. The molecule has 0 bridgehead atoms. The molecule has 4 rings (SSSR count). The summed E-state index contributed by atoms with van der Waals surface area (Å²) in [5.74, 6) is -0.614. The molecule has 0 N–H and O–H groups in total. The molecule has 1 heterocycles. The summed E-state index contributed by atoms with van der Waals surface area (Å²) in [6, 6.07) is 23.0. The van der Waals surface area contributed by atoms with Gasteiger partial charge in [-0.2, -0.15) is 0 Å². The summed E-state index contributed by atoms with van der Waals surface area (Å²) in [6.45, 7) is 5.99. The van der Waals surface area contributed by atoms with Crippen LogP contribution in [0, 0.1) is 20.8 Å². The van der Waals surface area contributed by atoms with Crippen LogP contribution >= 0.6 is 0 Å². The number of likely N-dealkylation sites (N-methyl/N-ethyl adjacent to an activating group) is 1. The van der Waals surface area contributed by atoms with E-state index in [2.05, 4.69) is 0 Å². The largest absolute Gasteiger partial charge is 0.339 e. The second kappa shape index (κ2) is 7.64. The van der Waals surface area contributed by atoms with Gasteiger partial charge in [0.2, 0.25) is 0 Å². The van der Waals surface area contributed by atoms with Gasteiger partial charge in [-0.3, -0.25) is 9.59 Å². The number of imide groups is 1. The minimum Gasteiger partial charge on any atom is -0.339 e. The molecule has 0 aliphatic carbocycles. The van der Waals surface area contributed by atoms with Crippen LogP contribution in [0.2, 0.25) is 0 Å². The molecule has 0 spiro atoms. The van der Waals surface area contributed by atoms with Crippen LogP contribution in [0.1, 0.15) is 22.3 Å². The summed E-state index contributed by atoms with van der Waals surface area (Å²) in [5.41, 5.74) is 6.21. The zero-order chi connectivity index (χ0) is 21.4. The van der Waals surface area contributed by atoms with Gasteiger partial charge < -0.3 is 4.90 Å². The van der Waals surface area contributed by atoms with Gasteiger partial charge in [0, 0.05) is 12.7 Å². The smallest absolute Gasteiger partial charge is 0.282 e. The number of nitrogens with zero attached hydrogens (tertiary/aromatic N) is 2. The molecule has 0 aromatic heterocycles. The Morgan fingerprint density at radius 2 is 1.47 bits per heavy atom. The summed E-state index contributed by atoms with van der Waals surface area (Å²) in [7, 11) is 1.83. The lowest BCUT2D eigenvalue weighted by molar-refractivity contribution is -0.120. The van der Waals surface area contributed by atoms with Gasteiger partial charge in [-0.1, -0.05) is 48.5 Å². The Morgan fingerprint density at radius 3 is 2.13 bits per heavy atom. The molecule has 4 nitrogen and oxygen atoms in total. The quantitative estimate of drug-likeness (QED) is 0.581. The Balaban J connectivity index is 1.91. The van der Waals surface area contributed by atoms with Crippen molar-refractivity contribution in [3.63, 3.8) is 0 Å². The number of aryl methyl sites for hydroxylation is 3. The lowest BCUT2D eigenvalue weighted by Crippen LogP contribution is -2.34. The molecule has 1 aliphatic rings. The van der Waals surface area contributed by atoms with Crippen molar-refractivity contribution >= 4 is 28.8 Å². The third-order valence-corrected chi connectivity index (χ3v) is 5.59. The van der Waals surface area contributed by atoms with Crippen LogP contribution in [0.15, 0.2) is 78.5 Å². The Kier molecular flexibility index (Phi) is 5.00. The van der Waals surface area contributed by atoms with Gasteiger partial charge >= 0.3 is 0 Å². The summed E-state index contributed by atoms with van der Waals surface area (Å²) in [6.07, 6.45) is 0. The first-order valence-electron chi connectivity index (χ1n) is 9.94. The average Bonchev–Trinajstić information content (AvgIpc) is 3.00. The van der Waals surface area contributed by atoms with Crippen molar-refractivity contribution in [1.82, 2.24) is 0 Å². The van der Waals surface area contributed by atoms with Crippen LogP contribution in [0.4, 0.5) is 11.4 Å². The fraction of sp³-hybridized carbons (Fsp3) is 0.154. The molecule has 0 saturated heterocycles. The molecule has 0 saturated carbocycles. The number of carbonyl (C=O) groups excluding carboxylic acids is 2. The predicted octanol–water partition coefficient (Wildman–Crippen LogP) is 5.03. The van der Waals surface area contributed by atoms with E-state index in [9.17, 15) is 9.59 Å². The maximum Gasteiger partial charge on any atom is 0.282 e. The van der Waals surface area contributed by atoms with Gasteiger partial charge in [0.15, 0.2) is 0 Å². The van der Waals surface area contributed by atoms with Gasteiger partial charge in [-0.05, 0) is 67.3 Å². The first kappa shape index (κ1) is 19.6. The topological polar surface area (TPSA) is 40.6 Å². The molecule has 0 radical (unpaired) electrons. The van der Waals surface area contributed by atoms with Crippen LogP contribution in [-0.2, 0) is 9.59 Å². The molecule has 4 heteroatoms. The second-order valence-corrected chi connectivity index (χ2v) is 7.70. The van der Waals surface area contributed by atoms with E-state index in [1.54, 1.807) is 11.0 Å². The van der Waals surface area contributed by atoms with Gasteiger partial charge in [0.25, 0.3) is 11.8 Å². The zero-order valence-corrected chi connectivity index (χ0v) is 17.6. The van der Waals surface area contributed by atoms with Crippen LogP contribution in [0.5, 0.6) is 0 Å². The van der Waals surface area contributed by atoms with E-state index < -0.39 is 0 Å². The monoisotopic (exact) mass is 396 g/mol. The standard InChI is InChI=1S/C26H24N2O2/c1-17-9-8-12-22(15-17)28-25(29)23(20-14-13-18(2)19(3)16-20)24(26(28)30)27(4)21-10-6-5-7-11-21/h5-16H,1-4H3. The number of benzene rings is 3. The van der Waals surface area contributed by atoms with Crippen LogP contribution in [0.25, 0.3) is 5.57 Å². The first-order valence-corrected chi connectivity index (χ1v) is 9.94. The normalized spacial score (nSPS) is 13.9. The average molecular weight is 396 g/mol. The van der Waals surface area contributed by atoms with Gasteiger partial charge in [0.1, 0.15) is 5.70 Å². The third kappa shape index (κ3) is 3.30. The number of carbonyl (C=O) groups is 2. The van der Waals surface area contributed by atoms with E-state index in [1.165, 1.54) is 4.90 Å².